The normalized spacial score (nSPS) is 9.50. The molecular weight excluding hydrogens is 350 g/mol. The van der Waals surface area contributed by atoms with Crippen LogP contribution in [0.25, 0.3) is 0 Å². The van der Waals surface area contributed by atoms with Crippen LogP contribution in [-0.2, 0) is 0 Å². The lowest BCUT2D eigenvalue weighted by Gasteiger charge is -1.85. The molecule has 0 unspecified atom stereocenters. The van der Waals surface area contributed by atoms with Gasteiger partial charge >= 0.3 is 21.2 Å². The monoisotopic (exact) mass is 356 g/mol. The maximum atomic E-state index is 5.81. The van der Waals surface area contributed by atoms with Crippen molar-refractivity contribution < 1.29 is 33.6 Å². The van der Waals surface area contributed by atoms with Crippen molar-refractivity contribution in [1.82, 2.24) is 0 Å². The van der Waals surface area contributed by atoms with Gasteiger partial charge in [-0.1, -0.05) is 22.9 Å². The van der Waals surface area contributed by atoms with Crippen molar-refractivity contribution >= 4 is 22.9 Å². The van der Waals surface area contributed by atoms with Gasteiger partial charge in [0.2, 0.25) is 2.88 Å². The van der Waals surface area contributed by atoms with Gasteiger partial charge in [0.05, 0.1) is 0 Å². The molecule has 0 radical (unpaired) electrons. The quantitative estimate of drug-likeness (QED) is 0.523. The Morgan fingerprint density at radius 3 is 2.36 bits per heavy atom. The Morgan fingerprint density at radius 1 is 1.07 bits per heavy atom. The Balaban J connectivity index is 0.000000980. The number of rotatable bonds is 2. The summed E-state index contributed by atoms with van der Waals surface area (Å²) in [6.45, 7) is 0. The van der Waals surface area contributed by atoms with Crippen molar-refractivity contribution in [3.63, 3.8) is 0 Å². The van der Waals surface area contributed by atoms with Crippen LogP contribution in [0.4, 0.5) is 0 Å². The first kappa shape index (κ1) is 12.3. The minimum absolute atomic E-state index is 0. The fraction of sp³-hybridized carbons (Fsp3) is 0. The second kappa shape index (κ2) is 5.95. The number of halogens is 3. The van der Waals surface area contributed by atoms with Crippen LogP contribution in [0.2, 0.25) is 5.02 Å². The summed E-state index contributed by atoms with van der Waals surface area (Å²) < 4.78 is 2.92. The number of thiophene rings is 1. The Labute approximate surface area is 109 Å². The highest BCUT2D eigenvalue weighted by Crippen LogP contribution is 2.04. The minimum atomic E-state index is 0. The van der Waals surface area contributed by atoms with Gasteiger partial charge in [0, 0.05) is 11.1 Å². The molecule has 1 aromatic heterocycles. The van der Waals surface area contributed by atoms with Gasteiger partial charge < -0.3 is 12.4 Å². The summed E-state index contributed by atoms with van der Waals surface area (Å²) in [5.74, 6) is 0. The first-order valence-electron chi connectivity index (χ1n) is 3.78. The third-order valence-electron chi connectivity index (χ3n) is 1.49. The zero-order valence-corrected chi connectivity index (χ0v) is 11.6. The van der Waals surface area contributed by atoms with Crippen LogP contribution in [0.5, 0.6) is 0 Å². The molecule has 0 bridgehead atoms. The van der Waals surface area contributed by atoms with E-state index in [1.54, 1.807) is 0 Å². The lowest BCUT2D eigenvalue weighted by Crippen LogP contribution is -3.61. The van der Waals surface area contributed by atoms with Crippen LogP contribution < -0.4 is 33.6 Å². The molecule has 2 aromatic rings. The van der Waals surface area contributed by atoms with E-state index in [-0.39, 0.29) is 33.6 Å². The molecule has 2 rings (SSSR count). The SMILES string of the molecule is Clc1ccc([I+]c2cccs2)cc1.[Cl-]. The summed E-state index contributed by atoms with van der Waals surface area (Å²) in [6.07, 6.45) is 0. The van der Waals surface area contributed by atoms with Gasteiger partial charge in [0.15, 0.2) is 3.57 Å². The molecule has 0 amide bonds. The molecule has 0 aliphatic rings. The van der Waals surface area contributed by atoms with E-state index in [2.05, 4.69) is 29.6 Å². The van der Waals surface area contributed by atoms with Crippen LogP contribution in [0.15, 0.2) is 41.8 Å². The number of benzene rings is 1. The zero-order valence-electron chi connectivity index (χ0n) is 7.08. The number of hydrogen-bond acceptors (Lipinski definition) is 1. The summed E-state index contributed by atoms with van der Waals surface area (Å²) in [5, 5.41) is 2.95. The fourth-order valence-corrected chi connectivity index (χ4v) is 4.67. The van der Waals surface area contributed by atoms with E-state index in [0.29, 0.717) is 0 Å². The first-order chi connectivity index (χ1) is 6.34. The molecule has 14 heavy (non-hydrogen) atoms. The standard InChI is InChI=1S/C10H7ClIS.ClH/c11-8-3-5-9(6-4-8)12-10-2-1-7-13-10;/h1-7H;1H/q+1;/p-1. The molecule has 1 heterocycles. The summed E-state index contributed by atoms with van der Waals surface area (Å²) in [6, 6.07) is 12.5. The molecule has 0 nitrogen and oxygen atoms in total. The zero-order chi connectivity index (χ0) is 9.10. The minimum Gasteiger partial charge on any atom is -1.00 e. The molecule has 0 atom stereocenters. The van der Waals surface area contributed by atoms with Gasteiger partial charge in [-0.3, -0.25) is 0 Å². The smallest absolute Gasteiger partial charge is 0.369 e. The van der Waals surface area contributed by atoms with Crippen molar-refractivity contribution in [2.45, 2.75) is 0 Å². The van der Waals surface area contributed by atoms with E-state index in [1.165, 1.54) is 6.45 Å². The average molecular weight is 357 g/mol. The van der Waals surface area contributed by atoms with Crippen LogP contribution in [0, 0.1) is 6.45 Å². The highest BCUT2D eigenvalue weighted by atomic mass is 127. The van der Waals surface area contributed by atoms with E-state index < -0.39 is 0 Å². The molecule has 74 valence electrons. The third kappa shape index (κ3) is 3.42. The van der Waals surface area contributed by atoms with Crippen molar-refractivity contribution in [3.8, 4) is 0 Å². The van der Waals surface area contributed by atoms with E-state index in [1.807, 2.05) is 23.5 Å². The van der Waals surface area contributed by atoms with Crippen molar-refractivity contribution in [2.24, 2.45) is 0 Å². The van der Waals surface area contributed by atoms with Gasteiger partial charge in [-0.2, -0.15) is 0 Å². The highest BCUT2D eigenvalue weighted by Gasteiger charge is 2.15. The van der Waals surface area contributed by atoms with Crippen molar-refractivity contribution in [2.75, 3.05) is 0 Å². The van der Waals surface area contributed by atoms with Crippen LogP contribution in [0.3, 0.4) is 0 Å². The Morgan fingerprint density at radius 2 is 1.79 bits per heavy atom. The van der Waals surface area contributed by atoms with Gasteiger partial charge in [-0.15, -0.1) is 0 Å². The molecule has 0 aliphatic heterocycles. The maximum absolute atomic E-state index is 5.81. The summed E-state index contributed by atoms with van der Waals surface area (Å²) in [4.78, 5) is 0. The van der Waals surface area contributed by atoms with Crippen LogP contribution >= 0.6 is 22.9 Å². The van der Waals surface area contributed by atoms with Gasteiger partial charge in [-0.05, 0) is 35.7 Å². The Kier molecular flexibility index (Phi) is 5.23. The van der Waals surface area contributed by atoms with E-state index >= 15 is 0 Å². The topological polar surface area (TPSA) is 0 Å². The van der Waals surface area contributed by atoms with Crippen molar-refractivity contribution in [1.29, 1.82) is 0 Å². The predicted molar refractivity (Wildman–Crippen MR) is 53.2 cm³/mol. The molecule has 4 heteroatoms. The van der Waals surface area contributed by atoms with Crippen LogP contribution in [-0.4, -0.2) is 0 Å². The third-order valence-corrected chi connectivity index (χ3v) is 5.91. The lowest BCUT2D eigenvalue weighted by molar-refractivity contribution is -0.591. The van der Waals surface area contributed by atoms with E-state index in [9.17, 15) is 0 Å². The maximum Gasteiger partial charge on any atom is 0.369 e. The van der Waals surface area contributed by atoms with Gasteiger partial charge in [-0.25, -0.2) is 0 Å². The Hall–Kier alpha value is 0.230. The van der Waals surface area contributed by atoms with Gasteiger partial charge in [0.1, 0.15) is 0 Å². The first-order valence-corrected chi connectivity index (χ1v) is 7.20. The molecule has 1 aromatic carbocycles. The molecule has 0 saturated carbocycles. The van der Waals surface area contributed by atoms with Crippen molar-refractivity contribution in [3.05, 3.63) is 53.3 Å². The van der Waals surface area contributed by atoms with E-state index in [4.69, 9.17) is 11.6 Å². The molecule has 0 fully saturated rings. The largest absolute Gasteiger partial charge is 1.00 e. The number of hydrogen-bond donors (Lipinski definition) is 0. The van der Waals surface area contributed by atoms with Gasteiger partial charge in [0.25, 0.3) is 0 Å². The lowest BCUT2D eigenvalue weighted by atomic mass is 10.4. The molecular formula is C10H7Cl2IS. The van der Waals surface area contributed by atoms with Crippen LogP contribution in [0.1, 0.15) is 0 Å². The highest BCUT2D eigenvalue weighted by molar-refractivity contribution is 7.07. The predicted octanol–water partition coefficient (Wildman–Crippen LogP) is -2.47. The second-order valence-corrected chi connectivity index (χ2v) is 7.51. The second-order valence-electron chi connectivity index (χ2n) is 2.45. The Bertz CT molecular complexity index is 370. The summed E-state index contributed by atoms with van der Waals surface area (Å²) >= 11 is 7.66. The van der Waals surface area contributed by atoms with E-state index in [0.717, 1.165) is 5.02 Å². The molecule has 0 saturated heterocycles. The molecule has 0 aliphatic carbocycles. The summed E-state index contributed by atoms with van der Waals surface area (Å²) in [7, 11) is 0. The molecule has 0 spiro atoms. The summed E-state index contributed by atoms with van der Waals surface area (Å²) in [5.41, 5.74) is 0. The average Bonchev–Trinajstić information content (AvgIpc) is 2.62. The molecule has 0 N–H and O–H groups in total. The fourth-order valence-electron chi connectivity index (χ4n) is 0.912.